The van der Waals surface area contributed by atoms with Crippen LogP contribution in [0.1, 0.15) is 18.6 Å². The summed E-state index contributed by atoms with van der Waals surface area (Å²) >= 11 is 11.9. The molecule has 0 bridgehead atoms. The summed E-state index contributed by atoms with van der Waals surface area (Å²) in [6.45, 7) is 0.299. The van der Waals surface area contributed by atoms with Crippen molar-refractivity contribution in [3.63, 3.8) is 0 Å². The summed E-state index contributed by atoms with van der Waals surface area (Å²) < 4.78 is 5.58. The molecule has 0 unspecified atom stereocenters. The predicted molar refractivity (Wildman–Crippen MR) is 80.5 cm³/mol. The van der Waals surface area contributed by atoms with Gasteiger partial charge in [0.2, 0.25) is 0 Å². The van der Waals surface area contributed by atoms with E-state index in [2.05, 4.69) is 0 Å². The van der Waals surface area contributed by atoms with Crippen LogP contribution in [0.5, 0.6) is 0 Å². The molecule has 0 atom stereocenters. The molecule has 0 saturated carbocycles. The van der Waals surface area contributed by atoms with Gasteiger partial charge in [0.05, 0.1) is 4.91 Å². The van der Waals surface area contributed by atoms with Crippen LogP contribution < -0.4 is 0 Å². The van der Waals surface area contributed by atoms with Crippen LogP contribution in [0.15, 0.2) is 21.5 Å². The first kappa shape index (κ1) is 15.1. The van der Waals surface area contributed by atoms with Crippen molar-refractivity contribution in [2.75, 3.05) is 6.54 Å². The Labute approximate surface area is 129 Å². The van der Waals surface area contributed by atoms with Crippen LogP contribution in [0.2, 0.25) is 5.22 Å². The highest BCUT2D eigenvalue weighted by Gasteiger charge is 2.31. The molecule has 0 aliphatic carbocycles. The number of nitrogens with zero attached hydrogens (tertiary/aromatic N) is 1. The van der Waals surface area contributed by atoms with Gasteiger partial charge < -0.3 is 9.52 Å². The molecule has 1 aliphatic heterocycles. The van der Waals surface area contributed by atoms with E-state index in [1.807, 2.05) is 0 Å². The van der Waals surface area contributed by atoms with Crippen LogP contribution in [0, 0.1) is 0 Å². The number of carboxylic acids is 1. The summed E-state index contributed by atoms with van der Waals surface area (Å²) in [7, 11) is 0. The third-order valence-corrected chi connectivity index (χ3v) is 4.09. The minimum absolute atomic E-state index is 0.00387. The Morgan fingerprint density at radius 3 is 2.90 bits per heavy atom. The predicted octanol–water partition coefficient (Wildman–Crippen LogP) is 3.00. The molecule has 1 aromatic rings. The molecule has 1 N–H and O–H groups in total. The van der Waals surface area contributed by atoms with Gasteiger partial charge in [-0.1, -0.05) is 24.0 Å². The number of halogens is 1. The fourth-order valence-corrected chi connectivity index (χ4v) is 3.06. The topological polar surface area (TPSA) is 70.8 Å². The average Bonchev–Trinajstić information content (AvgIpc) is 2.88. The second-order valence-corrected chi connectivity index (χ2v) is 6.02. The van der Waals surface area contributed by atoms with Gasteiger partial charge in [0.1, 0.15) is 10.1 Å². The number of carbonyl (C=O) groups is 2. The lowest BCUT2D eigenvalue weighted by Crippen LogP contribution is -2.29. The lowest BCUT2D eigenvalue weighted by molar-refractivity contribution is -0.137. The van der Waals surface area contributed by atoms with E-state index in [0.29, 0.717) is 28.0 Å². The van der Waals surface area contributed by atoms with E-state index in [9.17, 15) is 9.59 Å². The molecular formula is C12H10ClNO4S2. The zero-order chi connectivity index (χ0) is 14.7. The van der Waals surface area contributed by atoms with Gasteiger partial charge in [-0.05, 0) is 30.2 Å². The molecule has 0 radical (unpaired) electrons. The van der Waals surface area contributed by atoms with Gasteiger partial charge in [-0.2, -0.15) is 0 Å². The summed E-state index contributed by atoms with van der Waals surface area (Å²) in [5, 5.41) is 8.83. The molecule has 1 amide bonds. The lowest BCUT2D eigenvalue weighted by atomic mass is 10.3. The number of hydrogen-bond acceptors (Lipinski definition) is 5. The maximum atomic E-state index is 12.1. The van der Waals surface area contributed by atoms with Crippen molar-refractivity contribution < 1.29 is 19.1 Å². The minimum atomic E-state index is -0.892. The van der Waals surface area contributed by atoms with Gasteiger partial charge in [-0.15, -0.1) is 0 Å². The Balaban J connectivity index is 2.04. The monoisotopic (exact) mass is 331 g/mol. The number of aliphatic carboxylic acids is 1. The van der Waals surface area contributed by atoms with Crippen molar-refractivity contribution in [3.05, 3.63) is 28.0 Å². The fraction of sp³-hybridized carbons (Fsp3) is 0.250. The maximum absolute atomic E-state index is 12.1. The third kappa shape index (κ3) is 3.62. The first-order valence-corrected chi connectivity index (χ1v) is 7.30. The van der Waals surface area contributed by atoms with E-state index in [1.165, 1.54) is 4.90 Å². The zero-order valence-corrected chi connectivity index (χ0v) is 12.6. The quantitative estimate of drug-likeness (QED) is 0.660. The van der Waals surface area contributed by atoms with E-state index in [0.717, 1.165) is 11.8 Å². The Morgan fingerprint density at radius 2 is 2.30 bits per heavy atom. The average molecular weight is 332 g/mol. The molecule has 1 aromatic heterocycles. The molecule has 2 rings (SSSR count). The highest BCUT2D eigenvalue weighted by molar-refractivity contribution is 8.26. The van der Waals surface area contributed by atoms with Gasteiger partial charge in [0, 0.05) is 19.0 Å². The molecule has 2 heterocycles. The van der Waals surface area contributed by atoms with E-state index < -0.39 is 5.97 Å². The molecule has 1 saturated heterocycles. The molecule has 1 aliphatic rings. The largest absolute Gasteiger partial charge is 0.481 e. The number of thioether (sulfide) groups is 1. The number of rotatable bonds is 5. The lowest BCUT2D eigenvalue weighted by Gasteiger charge is -2.12. The zero-order valence-electron chi connectivity index (χ0n) is 10.2. The van der Waals surface area contributed by atoms with Gasteiger partial charge in [-0.3, -0.25) is 14.5 Å². The smallest absolute Gasteiger partial charge is 0.303 e. The number of hydrogen-bond donors (Lipinski definition) is 1. The Kier molecular flexibility index (Phi) is 4.85. The van der Waals surface area contributed by atoms with Gasteiger partial charge >= 0.3 is 5.97 Å². The van der Waals surface area contributed by atoms with Crippen LogP contribution in [0.4, 0.5) is 0 Å². The van der Waals surface area contributed by atoms with Gasteiger partial charge in [0.25, 0.3) is 5.91 Å². The Morgan fingerprint density at radius 1 is 1.55 bits per heavy atom. The van der Waals surface area contributed by atoms with E-state index >= 15 is 0 Å². The Bertz CT molecular complexity index is 596. The third-order valence-electron chi connectivity index (χ3n) is 2.51. The summed E-state index contributed by atoms with van der Waals surface area (Å²) in [5.41, 5.74) is 0. The molecule has 0 spiro atoms. The normalized spacial score (nSPS) is 17.2. The number of carboxylic acid groups (broad SMARTS) is 1. The molecule has 20 heavy (non-hydrogen) atoms. The minimum Gasteiger partial charge on any atom is -0.481 e. The van der Waals surface area contributed by atoms with Crippen molar-refractivity contribution in [2.24, 2.45) is 0 Å². The van der Waals surface area contributed by atoms with E-state index in [1.54, 1.807) is 18.2 Å². The van der Waals surface area contributed by atoms with Crippen molar-refractivity contribution in [1.29, 1.82) is 0 Å². The van der Waals surface area contributed by atoms with Crippen LogP contribution >= 0.6 is 35.6 Å². The number of amides is 1. The van der Waals surface area contributed by atoms with Crippen LogP contribution in [-0.4, -0.2) is 32.7 Å². The molecule has 0 aromatic carbocycles. The summed E-state index contributed by atoms with van der Waals surface area (Å²) in [6.07, 6.45) is 1.94. The maximum Gasteiger partial charge on any atom is 0.303 e. The molecule has 106 valence electrons. The van der Waals surface area contributed by atoms with Crippen LogP contribution in [0.3, 0.4) is 0 Å². The number of carbonyl (C=O) groups excluding carboxylic acids is 1. The second kappa shape index (κ2) is 6.43. The van der Waals surface area contributed by atoms with Crippen LogP contribution in [-0.2, 0) is 9.59 Å². The number of thiocarbonyl (C=S) groups is 1. The summed E-state index contributed by atoms with van der Waals surface area (Å²) in [5.74, 6) is -0.657. The second-order valence-electron chi connectivity index (χ2n) is 3.97. The highest BCUT2D eigenvalue weighted by atomic mass is 35.5. The van der Waals surface area contributed by atoms with Gasteiger partial charge in [-0.25, -0.2) is 0 Å². The highest BCUT2D eigenvalue weighted by Crippen LogP contribution is 2.33. The SMILES string of the molecule is O=C(O)CCCN1C(=O)/C(=C\c2ccc(Cl)o2)SC1=S. The molecular weight excluding hydrogens is 322 g/mol. The van der Waals surface area contributed by atoms with Crippen LogP contribution in [0.25, 0.3) is 6.08 Å². The fourth-order valence-electron chi connectivity index (χ4n) is 1.62. The first-order chi connectivity index (χ1) is 9.47. The first-order valence-electron chi connectivity index (χ1n) is 5.70. The Hall–Kier alpha value is -1.31. The van der Waals surface area contributed by atoms with Crippen molar-refractivity contribution in [3.8, 4) is 0 Å². The molecule has 1 fully saturated rings. The van der Waals surface area contributed by atoms with Crippen molar-refractivity contribution in [2.45, 2.75) is 12.8 Å². The standard InChI is InChI=1S/C12H10ClNO4S2/c13-9-4-3-7(18-9)6-8-11(17)14(12(19)20-8)5-1-2-10(15)16/h3-4,6H,1-2,5H2,(H,15,16)/b8-6+. The summed E-state index contributed by atoms with van der Waals surface area (Å²) in [6, 6.07) is 3.24. The van der Waals surface area contributed by atoms with Gasteiger partial charge in [0.15, 0.2) is 5.22 Å². The van der Waals surface area contributed by atoms with Crippen molar-refractivity contribution >= 4 is 57.9 Å². The summed E-state index contributed by atoms with van der Waals surface area (Å²) in [4.78, 5) is 24.4. The van der Waals surface area contributed by atoms with E-state index in [-0.39, 0.29) is 17.5 Å². The molecule has 8 heteroatoms. The van der Waals surface area contributed by atoms with E-state index in [4.69, 9.17) is 33.3 Å². The number of furan rings is 1. The van der Waals surface area contributed by atoms with Crippen molar-refractivity contribution in [1.82, 2.24) is 4.90 Å². The molecule has 5 nitrogen and oxygen atoms in total.